The fourth-order valence-electron chi connectivity index (χ4n) is 2.38. The first kappa shape index (κ1) is 20.4. The summed E-state index contributed by atoms with van der Waals surface area (Å²) in [6.45, 7) is 4.31. The molecule has 4 N–H and O–H groups in total. The van der Waals surface area contributed by atoms with Gasteiger partial charge in [0, 0.05) is 18.2 Å². The van der Waals surface area contributed by atoms with Crippen LogP contribution in [0.25, 0.3) is 0 Å². The molecule has 0 aromatic heterocycles. The third-order valence-electron chi connectivity index (χ3n) is 4.10. The van der Waals surface area contributed by atoms with Crippen LogP contribution in [0.15, 0.2) is 47.4 Å². The van der Waals surface area contributed by atoms with Crippen molar-refractivity contribution in [1.29, 1.82) is 5.26 Å². The van der Waals surface area contributed by atoms with Gasteiger partial charge >= 0.3 is 0 Å². The summed E-state index contributed by atoms with van der Waals surface area (Å²) < 4.78 is 22.8. The molecule has 0 aliphatic rings. The number of carbonyl (C=O) groups excluding carboxylic acids is 1. The maximum absolute atomic E-state index is 12.2. The number of benzene rings is 2. The first-order valence-corrected chi connectivity index (χ1v) is 10.00. The number of sulfonamides is 1. The van der Waals surface area contributed by atoms with Crippen LogP contribution in [0.3, 0.4) is 0 Å². The van der Waals surface area contributed by atoms with E-state index in [1.807, 2.05) is 26.0 Å². The van der Waals surface area contributed by atoms with Gasteiger partial charge in [0.2, 0.25) is 10.0 Å². The van der Waals surface area contributed by atoms with E-state index >= 15 is 0 Å². The van der Waals surface area contributed by atoms with E-state index in [0.29, 0.717) is 17.8 Å². The molecule has 27 heavy (non-hydrogen) atoms. The van der Waals surface area contributed by atoms with Crippen molar-refractivity contribution in [3.8, 4) is 6.07 Å². The minimum absolute atomic E-state index is 0.0924. The molecular weight excluding hydrogens is 364 g/mol. The number of primary sulfonamides is 1. The summed E-state index contributed by atoms with van der Waals surface area (Å²) in [5.41, 5.74) is 2.07. The number of nitrogens with zero attached hydrogens (tertiary/aromatic N) is 1. The standard InChI is InChI=1S/C19H22N4O3S/c1-3-13(2)23-19(24)15-6-4-5-14(9-15)12-22-18-8-7-17(27(21,25)26)10-16(18)11-20/h4-10,13,22H,3,12H2,1-2H3,(H,23,24)(H2,21,25,26). The first-order chi connectivity index (χ1) is 12.7. The van der Waals surface area contributed by atoms with E-state index in [9.17, 15) is 18.5 Å². The summed E-state index contributed by atoms with van der Waals surface area (Å²) in [4.78, 5) is 12.1. The summed E-state index contributed by atoms with van der Waals surface area (Å²) in [6, 6.07) is 13.3. The predicted molar refractivity (Wildman–Crippen MR) is 104 cm³/mol. The molecule has 7 nitrogen and oxygen atoms in total. The lowest BCUT2D eigenvalue weighted by Gasteiger charge is -2.13. The van der Waals surface area contributed by atoms with Crippen LogP contribution in [0.5, 0.6) is 0 Å². The number of nitrogens with one attached hydrogen (secondary N) is 2. The highest BCUT2D eigenvalue weighted by Crippen LogP contribution is 2.20. The van der Waals surface area contributed by atoms with Crippen molar-refractivity contribution in [3.63, 3.8) is 0 Å². The zero-order valence-electron chi connectivity index (χ0n) is 15.2. The zero-order chi connectivity index (χ0) is 20.0. The van der Waals surface area contributed by atoms with Crippen LogP contribution >= 0.6 is 0 Å². The number of hydrogen-bond donors (Lipinski definition) is 3. The van der Waals surface area contributed by atoms with Crippen molar-refractivity contribution in [1.82, 2.24) is 5.32 Å². The number of nitriles is 1. The molecule has 0 heterocycles. The lowest BCUT2D eigenvalue weighted by Crippen LogP contribution is -2.31. The van der Waals surface area contributed by atoms with Crippen LogP contribution in [0, 0.1) is 11.3 Å². The lowest BCUT2D eigenvalue weighted by molar-refractivity contribution is 0.0939. The average Bonchev–Trinajstić information content (AvgIpc) is 2.65. The summed E-state index contributed by atoms with van der Waals surface area (Å²) >= 11 is 0. The van der Waals surface area contributed by atoms with Gasteiger partial charge in [-0.3, -0.25) is 4.79 Å². The largest absolute Gasteiger partial charge is 0.380 e. The molecule has 0 aliphatic carbocycles. The molecule has 0 saturated heterocycles. The fourth-order valence-corrected chi connectivity index (χ4v) is 2.92. The Morgan fingerprint density at radius 1 is 1.26 bits per heavy atom. The van der Waals surface area contributed by atoms with Gasteiger partial charge < -0.3 is 10.6 Å². The molecule has 8 heteroatoms. The Kier molecular flexibility index (Phi) is 6.55. The molecule has 0 fully saturated rings. The summed E-state index contributed by atoms with van der Waals surface area (Å²) in [5, 5.41) is 20.3. The SMILES string of the molecule is CCC(C)NC(=O)c1cccc(CNc2ccc(S(N)(=O)=O)cc2C#N)c1. The smallest absolute Gasteiger partial charge is 0.251 e. The monoisotopic (exact) mass is 386 g/mol. The second kappa shape index (κ2) is 8.66. The molecule has 0 bridgehead atoms. The molecule has 0 aliphatic heterocycles. The summed E-state index contributed by atoms with van der Waals surface area (Å²) in [6.07, 6.45) is 0.846. The topological polar surface area (TPSA) is 125 Å². The van der Waals surface area contributed by atoms with Crippen molar-refractivity contribution in [2.24, 2.45) is 5.14 Å². The van der Waals surface area contributed by atoms with Crippen LogP contribution in [0.4, 0.5) is 5.69 Å². The van der Waals surface area contributed by atoms with Crippen LogP contribution in [0.2, 0.25) is 0 Å². The Labute approximate surface area is 159 Å². The summed E-state index contributed by atoms with van der Waals surface area (Å²) in [5.74, 6) is -0.138. The van der Waals surface area contributed by atoms with Gasteiger partial charge in [-0.15, -0.1) is 0 Å². The quantitative estimate of drug-likeness (QED) is 0.673. The van der Waals surface area contributed by atoms with Gasteiger partial charge in [-0.25, -0.2) is 13.6 Å². The number of amides is 1. The maximum Gasteiger partial charge on any atom is 0.251 e. The normalized spacial score (nSPS) is 12.1. The fraction of sp³-hybridized carbons (Fsp3) is 0.263. The van der Waals surface area contributed by atoms with Crippen LogP contribution < -0.4 is 15.8 Å². The van der Waals surface area contributed by atoms with Crippen LogP contribution in [-0.2, 0) is 16.6 Å². The van der Waals surface area contributed by atoms with Crippen molar-refractivity contribution >= 4 is 21.6 Å². The van der Waals surface area contributed by atoms with Gasteiger partial charge in [-0.2, -0.15) is 5.26 Å². The van der Waals surface area contributed by atoms with Crippen molar-refractivity contribution < 1.29 is 13.2 Å². The van der Waals surface area contributed by atoms with E-state index in [1.54, 1.807) is 18.2 Å². The van der Waals surface area contributed by atoms with E-state index in [4.69, 9.17) is 5.14 Å². The molecule has 1 amide bonds. The van der Waals surface area contributed by atoms with Gasteiger partial charge in [-0.05, 0) is 49.2 Å². The van der Waals surface area contributed by atoms with E-state index in [2.05, 4.69) is 10.6 Å². The van der Waals surface area contributed by atoms with Gasteiger partial charge in [-0.1, -0.05) is 19.1 Å². The van der Waals surface area contributed by atoms with Crippen molar-refractivity contribution in [2.75, 3.05) is 5.32 Å². The molecule has 0 saturated carbocycles. The van der Waals surface area contributed by atoms with E-state index in [1.165, 1.54) is 18.2 Å². The molecular formula is C19H22N4O3S. The lowest BCUT2D eigenvalue weighted by atomic mass is 10.1. The highest BCUT2D eigenvalue weighted by Gasteiger charge is 2.12. The highest BCUT2D eigenvalue weighted by molar-refractivity contribution is 7.89. The molecule has 0 spiro atoms. The minimum Gasteiger partial charge on any atom is -0.380 e. The van der Waals surface area contributed by atoms with Gasteiger partial charge in [0.05, 0.1) is 16.1 Å². The minimum atomic E-state index is -3.87. The Bertz CT molecular complexity index is 981. The number of nitrogens with two attached hydrogens (primary N) is 1. The van der Waals surface area contributed by atoms with Crippen LogP contribution in [-0.4, -0.2) is 20.4 Å². The van der Waals surface area contributed by atoms with Crippen molar-refractivity contribution in [3.05, 3.63) is 59.2 Å². The molecule has 142 valence electrons. The van der Waals surface area contributed by atoms with Crippen molar-refractivity contribution in [2.45, 2.75) is 37.8 Å². The number of carbonyl (C=O) groups is 1. The third-order valence-corrected chi connectivity index (χ3v) is 5.01. The van der Waals surface area contributed by atoms with E-state index in [0.717, 1.165) is 12.0 Å². The van der Waals surface area contributed by atoms with E-state index in [-0.39, 0.29) is 22.4 Å². The Hall–Kier alpha value is -2.89. The summed E-state index contributed by atoms with van der Waals surface area (Å²) in [7, 11) is -3.87. The van der Waals surface area contributed by atoms with Gasteiger partial charge in [0.15, 0.2) is 0 Å². The zero-order valence-corrected chi connectivity index (χ0v) is 16.0. The molecule has 2 aromatic carbocycles. The average molecular weight is 386 g/mol. The molecule has 1 unspecified atom stereocenters. The molecule has 2 rings (SSSR count). The third kappa shape index (κ3) is 5.54. The number of anilines is 1. The Morgan fingerprint density at radius 3 is 2.63 bits per heavy atom. The molecule has 2 aromatic rings. The first-order valence-electron chi connectivity index (χ1n) is 8.45. The van der Waals surface area contributed by atoms with Crippen LogP contribution in [0.1, 0.15) is 41.8 Å². The second-order valence-corrected chi connectivity index (χ2v) is 7.76. The number of rotatable bonds is 7. The molecule has 0 radical (unpaired) electrons. The second-order valence-electron chi connectivity index (χ2n) is 6.20. The Morgan fingerprint density at radius 2 is 2.00 bits per heavy atom. The predicted octanol–water partition coefficient (Wildman–Crippen LogP) is 2.35. The maximum atomic E-state index is 12.2. The van der Waals surface area contributed by atoms with Gasteiger partial charge in [0.1, 0.15) is 6.07 Å². The highest BCUT2D eigenvalue weighted by atomic mass is 32.2. The Balaban J connectivity index is 2.14. The molecule has 1 atom stereocenters. The number of hydrogen-bond acceptors (Lipinski definition) is 5. The van der Waals surface area contributed by atoms with Gasteiger partial charge in [0.25, 0.3) is 5.91 Å². The van der Waals surface area contributed by atoms with E-state index < -0.39 is 10.0 Å².